The van der Waals surface area contributed by atoms with Gasteiger partial charge in [0.25, 0.3) is 0 Å². The lowest BCUT2D eigenvalue weighted by atomic mass is 9.75. The summed E-state index contributed by atoms with van der Waals surface area (Å²) in [6.45, 7) is 2.16. The first-order valence-corrected chi connectivity index (χ1v) is 9.81. The Bertz CT molecular complexity index is 461. The SMILES string of the molecule is CCC1CCC(NS(=O)(=O)C2CCCCC2)(C(=N)N)CC1. The van der Waals surface area contributed by atoms with Crippen molar-refractivity contribution >= 4 is 15.9 Å². The summed E-state index contributed by atoms with van der Waals surface area (Å²) in [4.78, 5) is 0. The maximum Gasteiger partial charge on any atom is 0.215 e. The average Bonchev–Trinajstić information content (AvgIpc) is 2.48. The molecule has 6 heteroatoms. The van der Waals surface area contributed by atoms with Gasteiger partial charge in [0.15, 0.2) is 0 Å². The van der Waals surface area contributed by atoms with Gasteiger partial charge in [-0.05, 0) is 44.4 Å². The molecule has 0 radical (unpaired) electrons. The first kappa shape index (κ1) is 16.7. The zero-order valence-electron chi connectivity index (χ0n) is 13.0. The van der Waals surface area contributed by atoms with Crippen LogP contribution >= 0.6 is 0 Å². The third-order valence-electron chi connectivity index (χ3n) is 5.38. The van der Waals surface area contributed by atoms with E-state index in [4.69, 9.17) is 11.1 Å². The van der Waals surface area contributed by atoms with Crippen LogP contribution in [0.2, 0.25) is 0 Å². The van der Waals surface area contributed by atoms with Crippen LogP contribution in [0.4, 0.5) is 0 Å². The van der Waals surface area contributed by atoms with Gasteiger partial charge in [-0.15, -0.1) is 0 Å². The van der Waals surface area contributed by atoms with Gasteiger partial charge in [0.2, 0.25) is 10.0 Å². The lowest BCUT2D eigenvalue weighted by Gasteiger charge is -2.40. The van der Waals surface area contributed by atoms with Crippen molar-refractivity contribution in [3.05, 3.63) is 0 Å². The molecule has 0 aliphatic heterocycles. The summed E-state index contributed by atoms with van der Waals surface area (Å²) >= 11 is 0. The average molecular weight is 315 g/mol. The zero-order valence-corrected chi connectivity index (χ0v) is 13.8. The zero-order chi connectivity index (χ0) is 15.5. The van der Waals surface area contributed by atoms with E-state index >= 15 is 0 Å². The van der Waals surface area contributed by atoms with Crippen LogP contribution in [-0.2, 0) is 10.0 Å². The van der Waals surface area contributed by atoms with Crippen molar-refractivity contribution in [2.24, 2.45) is 11.7 Å². The van der Waals surface area contributed by atoms with Crippen molar-refractivity contribution < 1.29 is 8.42 Å². The minimum Gasteiger partial charge on any atom is -0.386 e. The highest BCUT2D eigenvalue weighted by molar-refractivity contribution is 7.90. The monoisotopic (exact) mass is 315 g/mol. The fourth-order valence-electron chi connectivity index (χ4n) is 3.74. The number of rotatable bonds is 5. The Labute approximate surface area is 128 Å². The minimum atomic E-state index is -3.38. The van der Waals surface area contributed by atoms with Crippen molar-refractivity contribution in [3.63, 3.8) is 0 Å². The lowest BCUT2D eigenvalue weighted by molar-refractivity contribution is 0.265. The van der Waals surface area contributed by atoms with E-state index in [2.05, 4.69) is 11.6 Å². The van der Waals surface area contributed by atoms with Crippen molar-refractivity contribution in [1.82, 2.24) is 4.72 Å². The summed E-state index contributed by atoms with van der Waals surface area (Å²) in [5.74, 6) is 0.619. The van der Waals surface area contributed by atoms with E-state index in [0.717, 1.165) is 51.4 Å². The molecule has 0 bridgehead atoms. The number of hydrogen-bond donors (Lipinski definition) is 3. The summed E-state index contributed by atoms with van der Waals surface area (Å²) in [6.07, 6.45) is 8.90. The smallest absolute Gasteiger partial charge is 0.215 e. The fraction of sp³-hybridized carbons (Fsp3) is 0.933. The van der Waals surface area contributed by atoms with Gasteiger partial charge in [0, 0.05) is 0 Å². The summed E-state index contributed by atoms with van der Waals surface area (Å²) < 4.78 is 28.1. The highest BCUT2D eigenvalue weighted by Gasteiger charge is 2.43. The molecule has 0 aromatic heterocycles. The standard InChI is InChI=1S/C15H29N3O2S/c1-2-12-8-10-15(11-9-12,14(16)17)18-21(19,20)13-6-4-3-5-7-13/h12-13,18H,2-11H2,1H3,(H3,16,17). The quantitative estimate of drug-likeness (QED) is 0.537. The van der Waals surface area contributed by atoms with Crippen LogP contribution in [0.1, 0.15) is 71.1 Å². The Morgan fingerprint density at radius 1 is 1.19 bits per heavy atom. The van der Waals surface area contributed by atoms with E-state index in [0.29, 0.717) is 18.8 Å². The summed E-state index contributed by atoms with van der Waals surface area (Å²) in [6, 6.07) is 0. The lowest BCUT2D eigenvalue weighted by Crippen LogP contribution is -2.60. The molecule has 2 saturated carbocycles. The molecule has 0 unspecified atom stereocenters. The molecule has 2 aliphatic carbocycles. The Morgan fingerprint density at radius 2 is 1.76 bits per heavy atom. The van der Waals surface area contributed by atoms with E-state index in [1.54, 1.807) is 0 Å². The Morgan fingerprint density at radius 3 is 2.24 bits per heavy atom. The second-order valence-electron chi connectivity index (χ2n) is 6.75. The Balaban J connectivity index is 2.11. The molecule has 0 aromatic carbocycles. The molecule has 0 heterocycles. The van der Waals surface area contributed by atoms with Crippen molar-refractivity contribution in [3.8, 4) is 0 Å². The predicted molar refractivity (Wildman–Crippen MR) is 85.8 cm³/mol. The van der Waals surface area contributed by atoms with E-state index < -0.39 is 15.6 Å². The molecule has 0 amide bonds. The van der Waals surface area contributed by atoms with Crippen LogP contribution in [-0.4, -0.2) is 25.0 Å². The summed E-state index contributed by atoms with van der Waals surface area (Å²) in [7, 11) is -3.38. The van der Waals surface area contributed by atoms with Crippen LogP contribution in [0.25, 0.3) is 0 Å². The molecule has 4 N–H and O–H groups in total. The highest BCUT2D eigenvalue weighted by atomic mass is 32.2. The third kappa shape index (κ3) is 3.77. The molecular weight excluding hydrogens is 286 g/mol. The molecule has 122 valence electrons. The van der Waals surface area contributed by atoms with E-state index in [9.17, 15) is 8.42 Å². The van der Waals surface area contributed by atoms with Crippen molar-refractivity contribution in [1.29, 1.82) is 5.41 Å². The number of nitrogens with one attached hydrogen (secondary N) is 2. The van der Waals surface area contributed by atoms with E-state index in [-0.39, 0.29) is 11.1 Å². The third-order valence-corrected chi connectivity index (χ3v) is 7.40. The van der Waals surface area contributed by atoms with E-state index in [1.165, 1.54) is 0 Å². The van der Waals surface area contributed by atoms with Crippen LogP contribution in [0.3, 0.4) is 0 Å². The number of hydrogen-bond acceptors (Lipinski definition) is 3. The largest absolute Gasteiger partial charge is 0.386 e. The normalized spacial score (nSPS) is 32.0. The molecule has 0 aromatic rings. The van der Waals surface area contributed by atoms with Gasteiger partial charge in [0.1, 0.15) is 5.84 Å². The van der Waals surface area contributed by atoms with Gasteiger partial charge in [-0.2, -0.15) is 0 Å². The molecule has 0 saturated heterocycles. The topological polar surface area (TPSA) is 96.0 Å². The maximum atomic E-state index is 12.7. The molecule has 0 spiro atoms. The molecular formula is C15H29N3O2S. The van der Waals surface area contributed by atoms with Crippen LogP contribution in [0, 0.1) is 11.3 Å². The van der Waals surface area contributed by atoms with Gasteiger partial charge in [-0.25, -0.2) is 13.1 Å². The second-order valence-corrected chi connectivity index (χ2v) is 8.72. The van der Waals surface area contributed by atoms with Gasteiger partial charge in [-0.1, -0.05) is 32.6 Å². The van der Waals surface area contributed by atoms with Crippen LogP contribution in [0.5, 0.6) is 0 Å². The molecule has 2 rings (SSSR count). The maximum absolute atomic E-state index is 12.7. The minimum absolute atomic E-state index is 0.0172. The summed E-state index contributed by atoms with van der Waals surface area (Å²) in [5, 5.41) is 7.60. The number of sulfonamides is 1. The highest BCUT2D eigenvalue weighted by Crippen LogP contribution is 2.35. The van der Waals surface area contributed by atoms with Gasteiger partial charge >= 0.3 is 0 Å². The van der Waals surface area contributed by atoms with Crippen molar-refractivity contribution in [2.75, 3.05) is 0 Å². The fourth-order valence-corrected chi connectivity index (χ4v) is 5.72. The van der Waals surface area contributed by atoms with Crippen LogP contribution in [0.15, 0.2) is 0 Å². The summed E-state index contributed by atoms with van der Waals surface area (Å²) in [5.41, 5.74) is 4.95. The molecule has 0 atom stereocenters. The van der Waals surface area contributed by atoms with Crippen LogP contribution < -0.4 is 10.5 Å². The predicted octanol–water partition coefficient (Wildman–Crippen LogP) is 2.51. The first-order valence-electron chi connectivity index (χ1n) is 8.27. The van der Waals surface area contributed by atoms with Gasteiger partial charge < -0.3 is 5.73 Å². The molecule has 2 fully saturated rings. The number of amidine groups is 1. The van der Waals surface area contributed by atoms with Crippen molar-refractivity contribution in [2.45, 2.75) is 81.9 Å². The first-order chi connectivity index (χ1) is 9.89. The molecule has 5 nitrogen and oxygen atoms in total. The van der Waals surface area contributed by atoms with Gasteiger partial charge in [-0.3, -0.25) is 5.41 Å². The Kier molecular flexibility index (Phi) is 5.30. The van der Waals surface area contributed by atoms with E-state index in [1.807, 2.05) is 0 Å². The van der Waals surface area contributed by atoms with Gasteiger partial charge in [0.05, 0.1) is 10.8 Å². The number of nitrogens with two attached hydrogens (primary N) is 1. The second kappa shape index (κ2) is 6.65. The molecule has 21 heavy (non-hydrogen) atoms. The Hall–Kier alpha value is -0.620. The molecule has 2 aliphatic rings.